The van der Waals surface area contributed by atoms with Crippen molar-refractivity contribution in [3.05, 3.63) is 42.0 Å². The summed E-state index contributed by atoms with van der Waals surface area (Å²) in [5.74, 6) is 2.52. The second-order valence-corrected chi connectivity index (χ2v) is 6.72. The highest BCUT2D eigenvalue weighted by Gasteiger charge is 2.23. The van der Waals surface area contributed by atoms with Gasteiger partial charge in [-0.25, -0.2) is 0 Å². The maximum atomic E-state index is 12.7. The van der Waals surface area contributed by atoms with E-state index in [1.807, 2.05) is 39.1 Å². The van der Waals surface area contributed by atoms with Crippen LogP contribution in [0.2, 0.25) is 0 Å². The second kappa shape index (κ2) is 10.6. The average molecular weight is 403 g/mol. The Bertz CT molecular complexity index is 825. The molecule has 7 heteroatoms. The van der Waals surface area contributed by atoms with Crippen LogP contribution in [0.1, 0.15) is 19.4 Å². The molecule has 0 saturated carbocycles. The zero-order valence-corrected chi connectivity index (χ0v) is 18.0. The summed E-state index contributed by atoms with van der Waals surface area (Å²) >= 11 is 0. The van der Waals surface area contributed by atoms with Crippen molar-refractivity contribution in [2.45, 2.75) is 26.4 Å². The Labute approximate surface area is 172 Å². The minimum atomic E-state index is -0.263. The molecule has 0 heterocycles. The molecular weight excluding hydrogens is 372 g/mol. The molecule has 158 valence electrons. The summed E-state index contributed by atoms with van der Waals surface area (Å²) in [6, 6.07) is 10.9. The molecule has 1 unspecified atom stereocenters. The van der Waals surface area contributed by atoms with Crippen molar-refractivity contribution in [2.24, 2.45) is 0 Å². The van der Waals surface area contributed by atoms with E-state index in [2.05, 4.69) is 5.32 Å². The number of quaternary nitrogens is 1. The quantitative estimate of drug-likeness (QED) is 0.636. The molecule has 2 atom stereocenters. The van der Waals surface area contributed by atoms with Crippen molar-refractivity contribution in [1.29, 1.82) is 0 Å². The topological polar surface area (TPSA) is 70.5 Å². The number of methoxy groups -OCH3 is 3. The smallest absolute Gasteiger partial charge is 0.282 e. The lowest BCUT2D eigenvalue weighted by Crippen LogP contribution is -3.12. The third kappa shape index (κ3) is 5.77. The minimum absolute atomic E-state index is 0.0763. The van der Waals surface area contributed by atoms with Crippen molar-refractivity contribution >= 4 is 11.6 Å². The van der Waals surface area contributed by atoms with Crippen LogP contribution in [0.25, 0.3) is 0 Å². The molecule has 0 fully saturated rings. The van der Waals surface area contributed by atoms with Gasteiger partial charge in [-0.1, -0.05) is 0 Å². The molecule has 0 aromatic heterocycles. The van der Waals surface area contributed by atoms with Crippen LogP contribution < -0.4 is 29.2 Å². The molecule has 7 nitrogen and oxygen atoms in total. The van der Waals surface area contributed by atoms with Gasteiger partial charge >= 0.3 is 0 Å². The number of carbonyl (C=O) groups excluding carboxylic acids is 1. The summed E-state index contributed by atoms with van der Waals surface area (Å²) in [5, 5.41) is 2.94. The second-order valence-electron chi connectivity index (χ2n) is 6.72. The predicted octanol–water partition coefficient (Wildman–Crippen LogP) is 2.15. The number of nitrogens with one attached hydrogen (secondary N) is 2. The summed E-state index contributed by atoms with van der Waals surface area (Å²) in [5.41, 5.74) is 1.73. The van der Waals surface area contributed by atoms with Gasteiger partial charge in [0.2, 0.25) is 0 Å². The van der Waals surface area contributed by atoms with Gasteiger partial charge in [0.15, 0.2) is 29.0 Å². The largest absolute Gasteiger partial charge is 0.493 e. The number of benzene rings is 2. The highest BCUT2D eigenvalue weighted by molar-refractivity contribution is 5.93. The molecule has 2 N–H and O–H groups in total. The van der Waals surface area contributed by atoms with E-state index in [-0.39, 0.29) is 11.9 Å². The summed E-state index contributed by atoms with van der Waals surface area (Å²) in [4.78, 5) is 13.8. The molecule has 0 bridgehead atoms. The third-order valence-corrected chi connectivity index (χ3v) is 4.79. The van der Waals surface area contributed by atoms with Gasteiger partial charge in [0.25, 0.3) is 5.91 Å². The molecule has 0 aliphatic heterocycles. The highest BCUT2D eigenvalue weighted by atomic mass is 16.5. The van der Waals surface area contributed by atoms with Crippen molar-refractivity contribution in [2.75, 3.05) is 40.3 Å². The number of hydrogen-bond acceptors (Lipinski definition) is 5. The number of likely N-dealkylation sites (N-methyl/N-ethyl adjacent to an activating group) is 1. The molecule has 0 aliphatic carbocycles. The molecule has 0 saturated heterocycles. The molecule has 29 heavy (non-hydrogen) atoms. The van der Waals surface area contributed by atoms with Crippen molar-refractivity contribution in [1.82, 2.24) is 0 Å². The van der Waals surface area contributed by atoms with E-state index in [0.29, 0.717) is 36.1 Å². The summed E-state index contributed by atoms with van der Waals surface area (Å²) in [6.45, 7) is 5.08. The zero-order chi connectivity index (χ0) is 21.4. The van der Waals surface area contributed by atoms with Gasteiger partial charge in [-0.2, -0.15) is 0 Å². The first-order chi connectivity index (χ1) is 13.9. The van der Waals surface area contributed by atoms with Crippen molar-refractivity contribution < 1.29 is 28.6 Å². The molecule has 2 aromatic rings. The van der Waals surface area contributed by atoms with Crippen LogP contribution in [0.3, 0.4) is 0 Å². The van der Waals surface area contributed by atoms with Crippen molar-refractivity contribution in [3.63, 3.8) is 0 Å². The fourth-order valence-electron chi connectivity index (χ4n) is 2.96. The van der Waals surface area contributed by atoms with Gasteiger partial charge in [0.1, 0.15) is 6.54 Å². The Kier molecular flexibility index (Phi) is 8.15. The van der Waals surface area contributed by atoms with Gasteiger partial charge in [-0.15, -0.1) is 0 Å². The normalized spacial score (nSPS) is 12.6. The fraction of sp³-hybridized carbons (Fsp3) is 0.409. The van der Waals surface area contributed by atoms with E-state index in [1.165, 1.54) is 0 Å². The first-order valence-electron chi connectivity index (χ1n) is 9.58. The maximum Gasteiger partial charge on any atom is 0.282 e. The van der Waals surface area contributed by atoms with Crippen LogP contribution in [0.5, 0.6) is 23.0 Å². The Morgan fingerprint density at radius 1 is 0.966 bits per heavy atom. The standard InChI is InChI=1S/C22H30N2O5/c1-7-29-19-10-8-16(12-20(19)27-5)14-24(3)15(2)22(25)23-17-9-11-18(26-4)21(13-17)28-6/h8-13,15H,7,14H2,1-6H3,(H,23,25)/p+1/t15-/m0/s1. The fourth-order valence-corrected chi connectivity index (χ4v) is 2.96. The van der Waals surface area contributed by atoms with Gasteiger partial charge in [-0.3, -0.25) is 4.79 Å². The Morgan fingerprint density at radius 2 is 1.59 bits per heavy atom. The van der Waals surface area contributed by atoms with E-state index >= 15 is 0 Å². The first kappa shape index (κ1) is 22.4. The van der Waals surface area contributed by atoms with Gasteiger partial charge < -0.3 is 29.2 Å². The molecule has 0 radical (unpaired) electrons. The summed E-state index contributed by atoms with van der Waals surface area (Å²) in [7, 11) is 6.75. The Morgan fingerprint density at radius 3 is 2.21 bits per heavy atom. The number of anilines is 1. The third-order valence-electron chi connectivity index (χ3n) is 4.79. The predicted molar refractivity (Wildman–Crippen MR) is 112 cm³/mol. The highest BCUT2D eigenvalue weighted by Crippen LogP contribution is 2.30. The Hall–Kier alpha value is -2.93. The molecule has 1 amide bonds. The molecule has 2 aromatic carbocycles. The van der Waals surface area contributed by atoms with Crippen LogP contribution in [0.15, 0.2) is 36.4 Å². The molecule has 0 aliphatic rings. The molecular formula is C22H31N2O5+. The Balaban J connectivity index is 2.04. The molecule has 2 rings (SSSR count). The number of amides is 1. The van der Waals surface area contributed by atoms with Gasteiger partial charge in [0.05, 0.1) is 35.0 Å². The molecule has 0 spiro atoms. The van der Waals surface area contributed by atoms with E-state index in [4.69, 9.17) is 18.9 Å². The van der Waals surface area contributed by atoms with Crippen molar-refractivity contribution in [3.8, 4) is 23.0 Å². The van der Waals surface area contributed by atoms with Gasteiger partial charge in [0, 0.05) is 17.3 Å². The monoisotopic (exact) mass is 403 g/mol. The lowest BCUT2D eigenvalue weighted by atomic mass is 10.1. The van der Waals surface area contributed by atoms with E-state index in [0.717, 1.165) is 16.2 Å². The van der Waals surface area contributed by atoms with Crippen LogP contribution >= 0.6 is 0 Å². The number of carbonyl (C=O) groups is 1. The number of ether oxygens (including phenoxy) is 4. The van der Waals surface area contributed by atoms with Crippen LogP contribution in [0.4, 0.5) is 5.69 Å². The van der Waals surface area contributed by atoms with E-state index in [1.54, 1.807) is 39.5 Å². The van der Waals surface area contributed by atoms with E-state index in [9.17, 15) is 4.79 Å². The minimum Gasteiger partial charge on any atom is -0.493 e. The van der Waals surface area contributed by atoms with Gasteiger partial charge in [-0.05, 0) is 44.2 Å². The lowest BCUT2D eigenvalue weighted by molar-refractivity contribution is -0.907. The van der Waals surface area contributed by atoms with Crippen LogP contribution in [-0.4, -0.2) is 46.9 Å². The summed E-state index contributed by atoms with van der Waals surface area (Å²) < 4.78 is 21.5. The van der Waals surface area contributed by atoms with Crippen LogP contribution in [-0.2, 0) is 11.3 Å². The number of rotatable bonds is 10. The van der Waals surface area contributed by atoms with E-state index < -0.39 is 0 Å². The van der Waals surface area contributed by atoms with Crippen LogP contribution in [0, 0.1) is 0 Å². The lowest BCUT2D eigenvalue weighted by Gasteiger charge is -2.22. The number of hydrogen-bond donors (Lipinski definition) is 2. The zero-order valence-electron chi connectivity index (χ0n) is 18.0. The average Bonchev–Trinajstić information content (AvgIpc) is 2.74. The maximum absolute atomic E-state index is 12.7. The first-order valence-corrected chi connectivity index (χ1v) is 9.58. The SMILES string of the molecule is CCOc1ccc(C[NH+](C)[C@@H](C)C(=O)Nc2ccc(OC)c(OC)c2)cc1OC. The summed E-state index contributed by atoms with van der Waals surface area (Å²) in [6.07, 6.45) is 0.